The smallest absolute Gasteiger partial charge is 0.199 e. The first-order valence-electron chi connectivity index (χ1n) is 5.67. The van der Waals surface area contributed by atoms with Crippen molar-refractivity contribution >= 4 is 23.2 Å². The average molecular weight is 252 g/mol. The monoisotopic (exact) mass is 252 g/mol. The van der Waals surface area contributed by atoms with Gasteiger partial charge >= 0.3 is 0 Å². The predicted octanol–water partition coefficient (Wildman–Crippen LogP) is 1.46. The number of thioether (sulfide) groups is 1. The highest BCUT2D eigenvalue weighted by atomic mass is 32.2. The Morgan fingerprint density at radius 3 is 3.18 bits per heavy atom. The Kier molecular flexibility index (Phi) is 4.13. The molecule has 17 heavy (non-hydrogen) atoms. The van der Waals surface area contributed by atoms with Gasteiger partial charge in [0, 0.05) is 6.04 Å². The Bertz CT molecular complexity index is 471. The van der Waals surface area contributed by atoms with Crippen molar-refractivity contribution in [3.63, 3.8) is 0 Å². The number of hydrogen-bond acceptors (Lipinski definition) is 6. The van der Waals surface area contributed by atoms with Gasteiger partial charge in [-0.2, -0.15) is 16.3 Å². The van der Waals surface area contributed by atoms with E-state index in [9.17, 15) is 0 Å². The fraction of sp³-hybridized carbons (Fsp3) is 0.600. The molecule has 92 valence electrons. The van der Waals surface area contributed by atoms with Crippen molar-refractivity contribution in [2.24, 2.45) is 0 Å². The van der Waals surface area contributed by atoms with Crippen molar-refractivity contribution in [2.45, 2.75) is 26.3 Å². The number of nitrogens with one attached hydrogen (secondary N) is 1. The highest BCUT2D eigenvalue weighted by Crippen LogP contribution is 2.11. The molecule has 1 unspecified atom stereocenters. The maximum Gasteiger partial charge on any atom is 0.199 e. The van der Waals surface area contributed by atoms with Crippen LogP contribution in [0.4, 0.5) is 5.82 Å². The van der Waals surface area contributed by atoms with Gasteiger partial charge in [-0.3, -0.25) is 4.98 Å². The summed E-state index contributed by atoms with van der Waals surface area (Å²) in [7, 11) is 0. The molecule has 2 heterocycles. The van der Waals surface area contributed by atoms with Gasteiger partial charge in [-0.25, -0.2) is 0 Å². The molecule has 2 aromatic heterocycles. The Balaban J connectivity index is 2.00. The first-order chi connectivity index (χ1) is 8.31. The van der Waals surface area contributed by atoms with Crippen LogP contribution in [-0.4, -0.2) is 42.6 Å². The molecule has 0 amide bonds. The molecule has 0 saturated heterocycles. The second-order valence-electron chi connectivity index (χ2n) is 3.77. The quantitative estimate of drug-likeness (QED) is 0.785. The third kappa shape index (κ3) is 3.06. The van der Waals surface area contributed by atoms with Gasteiger partial charge in [0.1, 0.15) is 0 Å². The standard InChI is InChI=1S/C10H16N6S/c1-3-17-5-4-8(2)12-9-6-11-7-10-13-14-15-16(9)10/h6-8,12H,3-5H2,1-2H3. The van der Waals surface area contributed by atoms with Crippen LogP contribution in [-0.2, 0) is 0 Å². The van der Waals surface area contributed by atoms with Crippen LogP contribution in [0.1, 0.15) is 20.3 Å². The summed E-state index contributed by atoms with van der Waals surface area (Å²) in [4.78, 5) is 4.10. The van der Waals surface area contributed by atoms with Crippen molar-refractivity contribution in [3.8, 4) is 0 Å². The summed E-state index contributed by atoms with van der Waals surface area (Å²) >= 11 is 1.95. The van der Waals surface area contributed by atoms with Crippen molar-refractivity contribution in [2.75, 3.05) is 16.8 Å². The first-order valence-corrected chi connectivity index (χ1v) is 6.83. The summed E-state index contributed by atoms with van der Waals surface area (Å²) < 4.78 is 1.66. The van der Waals surface area contributed by atoms with Crippen LogP contribution in [0.25, 0.3) is 5.65 Å². The minimum atomic E-state index is 0.380. The van der Waals surface area contributed by atoms with Crippen LogP contribution in [0, 0.1) is 0 Å². The molecule has 0 aliphatic heterocycles. The molecular formula is C10H16N6S. The van der Waals surface area contributed by atoms with E-state index in [4.69, 9.17) is 0 Å². The van der Waals surface area contributed by atoms with E-state index >= 15 is 0 Å². The third-order valence-corrected chi connectivity index (χ3v) is 3.33. The van der Waals surface area contributed by atoms with Gasteiger partial charge < -0.3 is 5.32 Å². The van der Waals surface area contributed by atoms with Crippen molar-refractivity contribution in [1.29, 1.82) is 0 Å². The Morgan fingerprint density at radius 2 is 2.35 bits per heavy atom. The van der Waals surface area contributed by atoms with Crippen LogP contribution in [0.5, 0.6) is 0 Å². The largest absolute Gasteiger partial charge is 0.366 e. The molecule has 0 spiro atoms. The number of hydrogen-bond donors (Lipinski definition) is 1. The Morgan fingerprint density at radius 1 is 1.47 bits per heavy atom. The lowest BCUT2D eigenvalue weighted by molar-refractivity contribution is 0.745. The molecule has 2 rings (SSSR count). The second-order valence-corrected chi connectivity index (χ2v) is 5.17. The summed E-state index contributed by atoms with van der Waals surface area (Å²) in [6.07, 6.45) is 4.49. The van der Waals surface area contributed by atoms with Gasteiger partial charge in [0.25, 0.3) is 0 Å². The van der Waals surface area contributed by atoms with E-state index in [0.717, 1.165) is 23.7 Å². The summed E-state index contributed by atoms with van der Waals surface area (Å²) in [5, 5.41) is 14.8. The molecule has 2 aromatic rings. The molecule has 0 bridgehead atoms. The number of aromatic nitrogens is 5. The van der Waals surface area contributed by atoms with Gasteiger partial charge in [0.15, 0.2) is 11.5 Å². The van der Waals surface area contributed by atoms with Crippen LogP contribution in [0.3, 0.4) is 0 Å². The summed E-state index contributed by atoms with van der Waals surface area (Å²) in [6, 6.07) is 0.380. The van der Waals surface area contributed by atoms with Gasteiger partial charge in [-0.1, -0.05) is 6.92 Å². The van der Waals surface area contributed by atoms with Crippen molar-refractivity contribution in [1.82, 2.24) is 25.0 Å². The van der Waals surface area contributed by atoms with Crippen LogP contribution < -0.4 is 5.32 Å². The number of anilines is 1. The topological polar surface area (TPSA) is 68.0 Å². The summed E-state index contributed by atoms with van der Waals surface area (Å²) in [6.45, 7) is 4.33. The number of nitrogens with zero attached hydrogens (tertiary/aromatic N) is 5. The minimum absolute atomic E-state index is 0.380. The number of tetrazole rings is 1. The van der Waals surface area contributed by atoms with Crippen LogP contribution >= 0.6 is 11.8 Å². The first kappa shape index (κ1) is 12.1. The average Bonchev–Trinajstić information content (AvgIpc) is 2.78. The van der Waals surface area contributed by atoms with Crippen molar-refractivity contribution in [3.05, 3.63) is 12.4 Å². The lowest BCUT2D eigenvalue weighted by atomic mass is 10.2. The lowest BCUT2D eigenvalue weighted by Gasteiger charge is -2.14. The third-order valence-electron chi connectivity index (χ3n) is 2.40. The molecule has 1 atom stereocenters. The van der Waals surface area contributed by atoms with E-state index in [1.807, 2.05) is 11.8 Å². The molecule has 0 aliphatic carbocycles. The second kappa shape index (κ2) is 5.81. The van der Waals surface area contributed by atoms with E-state index in [2.05, 4.69) is 39.7 Å². The highest BCUT2D eigenvalue weighted by Gasteiger charge is 2.07. The van der Waals surface area contributed by atoms with Crippen LogP contribution in [0.2, 0.25) is 0 Å². The molecule has 1 N–H and O–H groups in total. The van der Waals surface area contributed by atoms with Gasteiger partial charge in [0.05, 0.1) is 12.4 Å². The zero-order valence-corrected chi connectivity index (χ0v) is 10.8. The minimum Gasteiger partial charge on any atom is -0.366 e. The predicted molar refractivity (Wildman–Crippen MR) is 69.3 cm³/mol. The van der Waals surface area contributed by atoms with Gasteiger partial charge in [-0.05, 0) is 35.3 Å². The molecule has 0 fully saturated rings. The zero-order valence-electron chi connectivity index (χ0n) is 10.00. The number of fused-ring (bicyclic) bond motifs is 1. The maximum atomic E-state index is 4.10. The molecular weight excluding hydrogens is 236 g/mol. The van der Waals surface area contributed by atoms with E-state index in [0.29, 0.717) is 11.7 Å². The molecule has 0 radical (unpaired) electrons. The SMILES string of the molecule is CCSCCC(C)Nc1cncc2nnnn12. The molecule has 0 aliphatic rings. The maximum absolute atomic E-state index is 4.10. The zero-order chi connectivity index (χ0) is 12.1. The molecule has 6 nitrogen and oxygen atoms in total. The fourth-order valence-electron chi connectivity index (χ4n) is 1.50. The number of rotatable bonds is 6. The van der Waals surface area contributed by atoms with Crippen LogP contribution in [0.15, 0.2) is 12.4 Å². The summed E-state index contributed by atoms with van der Waals surface area (Å²) in [5.41, 5.74) is 0.658. The van der Waals surface area contributed by atoms with Gasteiger partial charge in [-0.15, -0.1) is 5.10 Å². The van der Waals surface area contributed by atoms with E-state index in [-0.39, 0.29) is 0 Å². The van der Waals surface area contributed by atoms with Gasteiger partial charge in [0.2, 0.25) is 0 Å². The lowest BCUT2D eigenvalue weighted by Crippen LogP contribution is -2.18. The molecule has 0 saturated carbocycles. The Labute approximate surface area is 104 Å². The van der Waals surface area contributed by atoms with Crippen molar-refractivity contribution < 1.29 is 0 Å². The Hall–Kier alpha value is -1.37. The van der Waals surface area contributed by atoms with E-state index in [1.165, 1.54) is 0 Å². The molecule has 7 heteroatoms. The fourth-order valence-corrected chi connectivity index (χ4v) is 2.31. The van der Waals surface area contributed by atoms with E-state index < -0.39 is 0 Å². The van der Waals surface area contributed by atoms with E-state index in [1.54, 1.807) is 16.9 Å². The normalized spacial score (nSPS) is 12.8. The molecule has 0 aromatic carbocycles. The highest BCUT2D eigenvalue weighted by molar-refractivity contribution is 7.99. The summed E-state index contributed by atoms with van der Waals surface area (Å²) in [5.74, 6) is 3.15.